The Kier molecular flexibility index (Phi) is 5.16. The molecule has 1 aromatic heterocycles. The van der Waals surface area contributed by atoms with Crippen LogP contribution in [0.2, 0.25) is 0 Å². The van der Waals surface area contributed by atoms with Crippen LogP contribution in [0.25, 0.3) is 0 Å². The van der Waals surface area contributed by atoms with E-state index in [2.05, 4.69) is 15.6 Å². The third-order valence-corrected chi connectivity index (χ3v) is 8.63. The third kappa shape index (κ3) is 3.47. The Hall–Kier alpha value is -4.04. The summed E-state index contributed by atoms with van der Waals surface area (Å²) in [4.78, 5) is 37.6. The van der Waals surface area contributed by atoms with Gasteiger partial charge in [0.15, 0.2) is 0 Å². The van der Waals surface area contributed by atoms with Crippen molar-refractivity contribution in [3.8, 4) is 0 Å². The molecule has 0 radical (unpaired) electrons. The topological polar surface area (TPSA) is 107 Å². The summed E-state index contributed by atoms with van der Waals surface area (Å²) in [6.45, 7) is -0.0863. The maximum atomic E-state index is 13.5. The van der Waals surface area contributed by atoms with E-state index >= 15 is 0 Å². The van der Waals surface area contributed by atoms with Gasteiger partial charge in [-0.25, -0.2) is 4.98 Å². The minimum absolute atomic E-state index is 0.0742. The molecule has 2 aliphatic heterocycles. The van der Waals surface area contributed by atoms with Crippen LogP contribution < -0.4 is 10.6 Å². The zero-order valence-electron chi connectivity index (χ0n) is 21.0. The maximum Gasteiger partial charge on any atom is 0.256 e. The number of nitrogens with one attached hydrogen (secondary N) is 2. The first-order chi connectivity index (χ1) is 18.5. The molecule has 1 saturated carbocycles. The summed E-state index contributed by atoms with van der Waals surface area (Å²) in [6.07, 6.45) is 5.75. The van der Waals surface area contributed by atoms with E-state index in [4.69, 9.17) is 4.99 Å². The molecule has 3 aromatic rings. The molecule has 2 amide bonds. The Morgan fingerprint density at radius 2 is 1.84 bits per heavy atom. The average molecular weight is 508 g/mol. The lowest BCUT2D eigenvalue weighted by Crippen LogP contribution is -2.44. The van der Waals surface area contributed by atoms with Crippen LogP contribution >= 0.6 is 0 Å². The number of pyridine rings is 1. The molecule has 8 nitrogen and oxygen atoms in total. The Bertz CT molecular complexity index is 1480. The SMILES string of the molecule is O=C(CN1C(=O)C2(CCCC2)N=C1c1ccccc1)Nc1ccc2c(c1)CC1(C2)c2cccnc2NC1O. The number of carbonyl (C=O) groups excluding carboxylic acids is 2. The van der Waals surface area contributed by atoms with E-state index in [9.17, 15) is 14.7 Å². The summed E-state index contributed by atoms with van der Waals surface area (Å²) in [5, 5.41) is 17.0. The molecular formula is C30H29N5O3. The fraction of sp³-hybridized carbons (Fsp3) is 0.333. The molecule has 8 heteroatoms. The predicted octanol–water partition coefficient (Wildman–Crippen LogP) is 3.40. The van der Waals surface area contributed by atoms with Gasteiger partial charge in [0.25, 0.3) is 5.91 Å². The lowest BCUT2D eigenvalue weighted by Gasteiger charge is -2.27. The molecule has 2 unspecified atom stereocenters. The van der Waals surface area contributed by atoms with E-state index in [-0.39, 0.29) is 18.4 Å². The number of nitrogens with zero attached hydrogens (tertiary/aromatic N) is 3. The van der Waals surface area contributed by atoms with Crippen molar-refractivity contribution in [1.82, 2.24) is 9.88 Å². The Morgan fingerprint density at radius 3 is 2.66 bits per heavy atom. The summed E-state index contributed by atoms with van der Waals surface area (Å²) in [6, 6.07) is 19.5. The van der Waals surface area contributed by atoms with Crippen molar-refractivity contribution in [1.29, 1.82) is 0 Å². The van der Waals surface area contributed by atoms with Crippen molar-refractivity contribution < 1.29 is 14.7 Å². The standard InChI is InChI=1S/C30H29N5O3/c36-24(18-35-26(19-7-2-1-3-8-19)34-30(28(35)38)12-4-5-13-30)32-22-11-10-20-16-29(17-21(20)15-22)23-9-6-14-31-25(23)33-27(29)37/h1-3,6-11,14-15,27,37H,4-5,12-13,16-18H2,(H,31,33)(H,32,36). The number of hydrogen-bond acceptors (Lipinski definition) is 6. The molecular weight excluding hydrogens is 478 g/mol. The number of amidine groups is 1. The first kappa shape index (κ1) is 23.1. The predicted molar refractivity (Wildman–Crippen MR) is 144 cm³/mol. The van der Waals surface area contributed by atoms with E-state index in [1.807, 2.05) is 60.7 Å². The van der Waals surface area contributed by atoms with Gasteiger partial charge in [-0.2, -0.15) is 0 Å². The Balaban J connectivity index is 1.11. The second-order valence-electron chi connectivity index (χ2n) is 10.9. The fourth-order valence-electron chi connectivity index (χ4n) is 6.75. The molecule has 2 atom stereocenters. The summed E-state index contributed by atoms with van der Waals surface area (Å²) >= 11 is 0. The van der Waals surface area contributed by atoms with Gasteiger partial charge in [-0.15, -0.1) is 0 Å². The molecule has 4 aliphatic rings. The highest BCUT2D eigenvalue weighted by molar-refractivity contribution is 6.17. The van der Waals surface area contributed by atoms with Gasteiger partial charge in [0.05, 0.1) is 5.41 Å². The zero-order valence-corrected chi connectivity index (χ0v) is 21.0. The van der Waals surface area contributed by atoms with Gasteiger partial charge in [0.2, 0.25) is 5.91 Å². The van der Waals surface area contributed by atoms with E-state index in [0.717, 1.165) is 53.8 Å². The van der Waals surface area contributed by atoms with E-state index in [0.29, 0.717) is 24.4 Å². The lowest BCUT2D eigenvalue weighted by atomic mass is 9.79. The van der Waals surface area contributed by atoms with Crippen LogP contribution in [0.1, 0.15) is 47.9 Å². The first-order valence-corrected chi connectivity index (χ1v) is 13.3. The Morgan fingerprint density at radius 1 is 1.05 bits per heavy atom. The van der Waals surface area contributed by atoms with Gasteiger partial charge < -0.3 is 15.7 Å². The summed E-state index contributed by atoms with van der Waals surface area (Å²) in [5.41, 5.74) is 3.60. The molecule has 3 N–H and O–H groups in total. The molecule has 7 rings (SSSR count). The number of rotatable bonds is 4. The molecule has 38 heavy (non-hydrogen) atoms. The maximum absolute atomic E-state index is 13.5. The van der Waals surface area contributed by atoms with Crippen LogP contribution in [-0.4, -0.2) is 51.0 Å². The van der Waals surface area contributed by atoms with Gasteiger partial charge in [-0.05, 0) is 55.0 Å². The number of anilines is 2. The number of aliphatic imine (C=N–C) groups is 1. The van der Waals surface area contributed by atoms with Crippen molar-refractivity contribution >= 4 is 29.2 Å². The van der Waals surface area contributed by atoms with Gasteiger partial charge in [-0.3, -0.25) is 19.5 Å². The molecule has 2 aromatic carbocycles. The summed E-state index contributed by atoms with van der Waals surface area (Å²) in [5.74, 6) is 0.975. The Labute approximate surface area is 220 Å². The van der Waals surface area contributed by atoms with Crippen molar-refractivity contribution in [3.05, 3.63) is 89.1 Å². The smallest absolute Gasteiger partial charge is 0.256 e. The molecule has 2 spiro atoms. The van der Waals surface area contributed by atoms with Crippen LogP contribution in [0.15, 0.2) is 71.9 Å². The average Bonchev–Trinajstić information content (AvgIpc) is 3.68. The highest BCUT2D eigenvalue weighted by atomic mass is 16.3. The van der Waals surface area contributed by atoms with Crippen molar-refractivity contribution in [2.45, 2.75) is 55.7 Å². The van der Waals surface area contributed by atoms with Crippen LogP contribution in [-0.2, 0) is 27.8 Å². The zero-order chi connectivity index (χ0) is 25.9. The number of benzene rings is 2. The van der Waals surface area contributed by atoms with Gasteiger partial charge in [-0.1, -0.05) is 55.3 Å². The summed E-state index contributed by atoms with van der Waals surface area (Å²) in [7, 11) is 0. The van der Waals surface area contributed by atoms with Gasteiger partial charge >= 0.3 is 0 Å². The van der Waals surface area contributed by atoms with Crippen molar-refractivity contribution in [2.24, 2.45) is 4.99 Å². The fourth-order valence-corrected chi connectivity index (χ4v) is 6.75. The normalized spacial score (nSPS) is 24.4. The number of carbonyl (C=O) groups is 2. The highest BCUT2D eigenvalue weighted by Gasteiger charge is 2.51. The number of amides is 2. The number of aliphatic hydroxyl groups is 1. The van der Waals surface area contributed by atoms with Crippen molar-refractivity contribution in [3.63, 3.8) is 0 Å². The van der Waals surface area contributed by atoms with Crippen molar-refractivity contribution in [2.75, 3.05) is 17.2 Å². The summed E-state index contributed by atoms with van der Waals surface area (Å²) < 4.78 is 0. The van der Waals surface area contributed by atoms with E-state index < -0.39 is 17.2 Å². The number of fused-ring (bicyclic) bond motifs is 3. The number of aromatic nitrogens is 1. The quantitative estimate of drug-likeness (QED) is 0.502. The van der Waals surface area contributed by atoms with Crippen LogP contribution in [0.4, 0.5) is 11.5 Å². The second-order valence-corrected chi connectivity index (χ2v) is 10.9. The molecule has 1 fully saturated rings. The van der Waals surface area contributed by atoms with E-state index in [1.54, 1.807) is 11.1 Å². The lowest BCUT2D eigenvalue weighted by molar-refractivity contribution is -0.133. The third-order valence-electron chi connectivity index (χ3n) is 8.63. The molecule has 2 aliphatic carbocycles. The largest absolute Gasteiger partial charge is 0.373 e. The van der Waals surface area contributed by atoms with Gasteiger partial charge in [0, 0.05) is 23.0 Å². The highest BCUT2D eigenvalue weighted by Crippen LogP contribution is 2.49. The molecule has 192 valence electrons. The minimum Gasteiger partial charge on any atom is -0.373 e. The van der Waals surface area contributed by atoms with E-state index in [1.165, 1.54) is 0 Å². The monoisotopic (exact) mass is 507 g/mol. The molecule has 0 saturated heterocycles. The first-order valence-electron chi connectivity index (χ1n) is 13.3. The second kappa shape index (κ2) is 8.49. The van der Waals surface area contributed by atoms with Crippen LogP contribution in [0.3, 0.4) is 0 Å². The minimum atomic E-state index is -0.728. The van der Waals surface area contributed by atoms with Crippen LogP contribution in [0, 0.1) is 0 Å². The number of aliphatic hydroxyl groups excluding tert-OH is 1. The molecule has 3 heterocycles. The molecule has 0 bridgehead atoms. The van der Waals surface area contributed by atoms with Crippen LogP contribution in [0.5, 0.6) is 0 Å². The van der Waals surface area contributed by atoms with Gasteiger partial charge in [0.1, 0.15) is 30.0 Å². The number of hydrogen-bond donors (Lipinski definition) is 3.